The van der Waals surface area contributed by atoms with E-state index in [0.717, 1.165) is 34.2 Å². The quantitative estimate of drug-likeness (QED) is 0.690. The molecule has 2 bridgehead atoms. The molecular formula is C22H22N2O2S2. The average Bonchev–Trinajstić information content (AvgIpc) is 3.38. The normalized spacial score (nSPS) is 25.8. The van der Waals surface area contributed by atoms with E-state index < -0.39 is 15.1 Å². The van der Waals surface area contributed by atoms with Gasteiger partial charge in [-0.05, 0) is 48.2 Å². The first-order chi connectivity index (χ1) is 13.5. The molecule has 1 saturated heterocycles. The number of aromatic nitrogens is 1. The highest BCUT2D eigenvalue weighted by Gasteiger charge is 2.38. The largest absolute Gasteiger partial charge is 0.347 e. The lowest BCUT2D eigenvalue weighted by Crippen LogP contribution is -2.32. The van der Waals surface area contributed by atoms with Gasteiger partial charge in [-0.1, -0.05) is 18.2 Å². The number of aryl methyl sites for hydroxylation is 1. The van der Waals surface area contributed by atoms with Crippen molar-refractivity contribution in [3.63, 3.8) is 0 Å². The molecule has 1 fully saturated rings. The Bertz CT molecular complexity index is 1230. The molecule has 6 heteroatoms. The third kappa shape index (κ3) is 2.25. The van der Waals surface area contributed by atoms with Gasteiger partial charge in [0.1, 0.15) is 5.25 Å². The zero-order chi connectivity index (χ0) is 19.0. The van der Waals surface area contributed by atoms with Gasteiger partial charge in [0.2, 0.25) is 0 Å². The summed E-state index contributed by atoms with van der Waals surface area (Å²) < 4.78 is 29.4. The topological polar surface area (TPSA) is 51.1 Å². The van der Waals surface area contributed by atoms with Crippen LogP contribution in [0.25, 0.3) is 10.9 Å². The number of fused-ring (bicyclic) bond motifs is 7. The van der Waals surface area contributed by atoms with Crippen LogP contribution in [0.1, 0.15) is 41.0 Å². The van der Waals surface area contributed by atoms with E-state index in [0.29, 0.717) is 22.7 Å². The molecule has 3 aliphatic rings. The first-order valence-corrected chi connectivity index (χ1v) is 12.4. The van der Waals surface area contributed by atoms with Crippen LogP contribution in [0.2, 0.25) is 0 Å². The molecule has 0 saturated carbocycles. The maximum atomic E-state index is 13.5. The summed E-state index contributed by atoms with van der Waals surface area (Å²) in [5.74, 6) is 0.596. The van der Waals surface area contributed by atoms with Crippen molar-refractivity contribution in [1.29, 1.82) is 0 Å². The molecule has 0 aliphatic carbocycles. The molecule has 3 aromatic rings. The molecule has 0 radical (unpaired) electrons. The summed E-state index contributed by atoms with van der Waals surface area (Å²) in [5, 5.41) is 4.36. The Balaban J connectivity index is 1.51. The van der Waals surface area contributed by atoms with E-state index in [1.54, 1.807) is 17.8 Å². The van der Waals surface area contributed by atoms with Crippen molar-refractivity contribution < 1.29 is 8.42 Å². The molecule has 1 N–H and O–H groups in total. The number of nitrogens with one attached hydrogen (secondary N) is 1. The molecule has 0 amide bonds. The van der Waals surface area contributed by atoms with E-state index >= 15 is 0 Å². The lowest BCUT2D eigenvalue weighted by Gasteiger charge is -2.23. The second kappa shape index (κ2) is 5.88. The summed E-state index contributed by atoms with van der Waals surface area (Å²) in [6, 6.07) is 14.6. The minimum Gasteiger partial charge on any atom is -0.347 e. The van der Waals surface area contributed by atoms with Gasteiger partial charge in [0.15, 0.2) is 9.84 Å². The molecule has 4 heterocycles. The van der Waals surface area contributed by atoms with Gasteiger partial charge in [-0.2, -0.15) is 0 Å². The first kappa shape index (κ1) is 17.1. The molecular weight excluding hydrogens is 388 g/mol. The Morgan fingerprint density at radius 1 is 1.14 bits per heavy atom. The number of nitrogens with zero attached hydrogens (tertiary/aromatic N) is 1. The van der Waals surface area contributed by atoms with E-state index in [2.05, 4.69) is 16.9 Å². The van der Waals surface area contributed by atoms with Gasteiger partial charge in [-0.25, -0.2) is 8.42 Å². The zero-order valence-corrected chi connectivity index (χ0v) is 17.3. The fourth-order valence-corrected chi connectivity index (χ4v) is 8.78. The van der Waals surface area contributed by atoms with Gasteiger partial charge in [-0.15, -0.1) is 11.8 Å². The number of benzene rings is 2. The van der Waals surface area contributed by atoms with Crippen molar-refractivity contribution in [3.8, 4) is 0 Å². The number of sulfone groups is 1. The summed E-state index contributed by atoms with van der Waals surface area (Å²) in [4.78, 5) is 1.55. The van der Waals surface area contributed by atoms with Crippen LogP contribution in [-0.2, 0) is 23.3 Å². The molecule has 3 unspecified atom stereocenters. The first-order valence-electron chi connectivity index (χ1n) is 9.87. The highest BCUT2D eigenvalue weighted by Crippen LogP contribution is 2.46. The smallest absolute Gasteiger partial charge is 0.186 e. The van der Waals surface area contributed by atoms with Crippen LogP contribution in [-0.4, -0.2) is 24.8 Å². The van der Waals surface area contributed by atoms with Crippen LogP contribution in [0.15, 0.2) is 52.3 Å². The highest BCUT2D eigenvalue weighted by atomic mass is 32.2. The molecule has 144 valence electrons. The van der Waals surface area contributed by atoms with Crippen LogP contribution in [0, 0.1) is 0 Å². The van der Waals surface area contributed by atoms with E-state index in [-0.39, 0.29) is 0 Å². The fourth-order valence-electron chi connectivity index (χ4n) is 5.31. The summed E-state index contributed by atoms with van der Waals surface area (Å²) in [6.07, 6.45) is 3.38. The molecule has 3 aliphatic heterocycles. The minimum absolute atomic E-state index is 0.359. The van der Waals surface area contributed by atoms with Crippen molar-refractivity contribution in [2.45, 2.75) is 46.4 Å². The van der Waals surface area contributed by atoms with Crippen molar-refractivity contribution in [1.82, 2.24) is 9.88 Å². The van der Waals surface area contributed by atoms with Crippen molar-refractivity contribution >= 4 is 32.5 Å². The van der Waals surface area contributed by atoms with Crippen LogP contribution in [0.3, 0.4) is 0 Å². The highest BCUT2D eigenvalue weighted by molar-refractivity contribution is 8.01. The van der Waals surface area contributed by atoms with E-state index in [4.69, 9.17) is 0 Å². The third-order valence-corrected chi connectivity index (χ3v) is 10.2. The van der Waals surface area contributed by atoms with E-state index in [1.807, 2.05) is 36.4 Å². The predicted molar refractivity (Wildman–Crippen MR) is 113 cm³/mol. The van der Waals surface area contributed by atoms with Crippen LogP contribution >= 0.6 is 11.8 Å². The zero-order valence-electron chi connectivity index (χ0n) is 15.7. The number of thioether (sulfide) groups is 1. The second-order valence-corrected chi connectivity index (χ2v) is 11.4. The number of rotatable bonds is 2. The lowest BCUT2D eigenvalue weighted by molar-refractivity contribution is 0.503. The monoisotopic (exact) mass is 410 g/mol. The van der Waals surface area contributed by atoms with Crippen LogP contribution < -0.4 is 5.32 Å². The average molecular weight is 411 g/mol. The van der Waals surface area contributed by atoms with Gasteiger partial charge < -0.3 is 9.88 Å². The molecule has 0 spiro atoms. The lowest BCUT2D eigenvalue weighted by atomic mass is 9.99. The number of hydrogen-bond acceptors (Lipinski definition) is 4. The maximum absolute atomic E-state index is 13.5. The van der Waals surface area contributed by atoms with Gasteiger partial charge in [0.25, 0.3) is 0 Å². The Morgan fingerprint density at radius 2 is 2.00 bits per heavy atom. The molecule has 4 nitrogen and oxygen atoms in total. The van der Waals surface area contributed by atoms with Gasteiger partial charge in [0.05, 0.1) is 4.90 Å². The van der Waals surface area contributed by atoms with Crippen LogP contribution in [0.4, 0.5) is 0 Å². The standard InChI is InChI=1S/C22H22N2O2S2/c1-24-18-9-7-14(11-16(18)22-17-8-6-13(23-17)10-19(22)24)28(25,26)21-12-27-20-5-3-2-4-15(20)21/h2-5,7,9,11,13,17,21,23H,6,8,10,12H2,1H3. The Labute approximate surface area is 169 Å². The van der Waals surface area contributed by atoms with Crippen molar-refractivity contribution in [2.24, 2.45) is 7.05 Å². The Kier molecular flexibility index (Phi) is 3.59. The van der Waals surface area contributed by atoms with Crippen LogP contribution in [0.5, 0.6) is 0 Å². The summed E-state index contributed by atoms with van der Waals surface area (Å²) >= 11 is 1.64. The summed E-state index contributed by atoms with van der Waals surface area (Å²) in [6.45, 7) is 0. The molecule has 6 rings (SSSR count). The maximum Gasteiger partial charge on any atom is 0.186 e. The third-order valence-electron chi connectivity index (χ3n) is 6.72. The van der Waals surface area contributed by atoms with Gasteiger partial charge >= 0.3 is 0 Å². The van der Waals surface area contributed by atoms with Gasteiger partial charge in [0, 0.05) is 52.8 Å². The van der Waals surface area contributed by atoms with Crippen molar-refractivity contribution in [2.75, 3.05) is 5.75 Å². The molecule has 28 heavy (non-hydrogen) atoms. The molecule has 3 atom stereocenters. The molecule has 2 aromatic carbocycles. The van der Waals surface area contributed by atoms with Crippen molar-refractivity contribution in [3.05, 3.63) is 59.3 Å². The van der Waals surface area contributed by atoms with Gasteiger partial charge in [-0.3, -0.25) is 0 Å². The number of hydrogen-bond donors (Lipinski definition) is 1. The molecule has 1 aromatic heterocycles. The SMILES string of the molecule is Cn1c2c(c3cc(S(=O)(=O)C4CSc5ccccc54)ccc31)C1CCC(C2)N1. The van der Waals surface area contributed by atoms with E-state index in [1.165, 1.54) is 17.7 Å². The van der Waals surface area contributed by atoms with E-state index in [9.17, 15) is 8.42 Å². The minimum atomic E-state index is -3.43. The fraction of sp³-hybridized carbons (Fsp3) is 0.364. The summed E-state index contributed by atoms with van der Waals surface area (Å²) in [5.41, 5.74) is 4.78. The predicted octanol–water partition coefficient (Wildman–Crippen LogP) is 4.15. The summed E-state index contributed by atoms with van der Waals surface area (Å²) in [7, 11) is -1.31. The second-order valence-electron chi connectivity index (χ2n) is 8.18. The Morgan fingerprint density at radius 3 is 2.89 bits per heavy atom. The Hall–Kier alpha value is -1.76.